The van der Waals surface area contributed by atoms with Gasteiger partial charge in [0.1, 0.15) is 5.75 Å². The lowest BCUT2D eigenvalue weighted by Gasteiger charge is -2.36. The molecule has 1 aromatic carbocycles. The van der Waals surface area contributed by atoms with Crippen molar-refractivity contribution in [3.63, 3.8) is 0 Å². The van der Waals surface area contributed by atoms with Gasteiger partial charge < -0.3 is 19.6 Å². The Hall–Kier alpha value is -1.75. The van der Waals surface area contributed by atoms with Crippen LogP contribution >= 0.6 is 0 Å². The summed E-state index contributed by atoms with van der Waals surface area (Å²) >= 11 is 0. The molecule has 1 aromatic rings. The van der Waals surface area contributed by atoms with Crippen LogP contribution in [0.3, 0.4) is 0 Å². The summed E-state index contributed by atoms with van der Waals surface area (Å²) < 4.78 is 5.23. The maximum atomic E-state index is 11.9. The van der Waals surface area contributed by atoms with Crippen molar-refractivity contribution in [3.05, 3.63) is 24.3 Å². The van der Waals surface area contributed by atoms with Crippen molar-refractivity contribution in [1.29, 1.82) is 0 Å². The topological polar surface area (TPSA) is 53.0 Å². The van der Waals surface area contributed by atoms with Gasteiger partial charge in [0.05, 0.1) is 7.11 Å². The molecular formula is C15H22N2O3. The van der Waals surface area contributed by atoms with Gasteiger partial charge in [0.2, 0.25) is 5.91 Å². The van der Waals surface area contributed by atoms with Gasteiger partial charge in [-0.3, -0.25) is 4.79 Å². The number of hydrogen-bond acceptors (Lipinski definition) is 4. The number of benzene rings is 1. The van der Waals surface area contributed by atoms with E-state index in [-0.39, 0.29) is 12.5 Å². The fourth-order valence-corrected chi connectivity index (χ4v) is 2.41. The predicted molar refractivity (Wildman–Crippen MR) is 78.1 cm³/mol. The van der Waals surface area contributed by atoms with E-state index in [0.29, 0.717) is 12.8 Å². The molecule has 1 fully saturated rings. The Balaban J connectivity index is 1.88. The van der Waals surface area contributed by atoms with Crippen LogP contribution in [0, 0.1) is 0 Å². The number of amides is 1. The van der Waals surface area contributed by atoms with Crippen LogP contribution < -0.4 is 9.64 Å². The Bertz CT molecular complexity index is 442. The summed E-state index contributed by atoms with van der Waals surface area (Å²) in [6, 6.07) is 7.99. The molecule has 5 nitrogen and oxygen atoms in total. The van der Waals surface area contributed by atoms with Crippen LogP contribution in [0.2, 0.25) is 0 Å². The minimum Gasteiger partial charge on any atom is -0.497 e. The third kappa shape index (κ3) is 3.63. The average molecular weight is 278 g/mol. The van der Waals surface area contributed by atoms with Gasteiger partial charge in [-0.1, -0.05) is 6.07 Å². The molecular weight excluding hydrogens is 256 g/mol. The van der Waals surface area contributed by atoms with Crippen LogP contribution in [-0.4, -0.2) is 55.8 Å². The van der Waals surface area contributed by atoms with Gasteiger partial charge in [-0.05, 0) is 18.6 Å². The quantitative estimate of drug-likeness (QED) is 0.877. The van der Waals surface area contributed by atoms with Crippen molar-refractivity contribution in [2.45, 2.75) is 12.8 Å². The Labute approximate surface area is 119 Å². The number of piperazine rings is 1. The van der Waals surface area contributed by atoms with E-state index in [4.69, 9.17) is 9.84 Å². The van der Waals surface area contributed by atoms with Crippen LogP contribution in [-0.2, 0) is 4.79 Å². The molecule has 5 heteroatoms. The standard InChI is InChI=1S/C15H22N2O3/c1-20-14-5-2-4-13(12-14)16-7-9-17(10-8-16)15(19)6-3-11-18/h2,4-5,12,18H,3,6-11H2,1H3. The van der Waals surface area contributed by atoms with Crippen molar-refractivity contribution in [3.8, 4) is 5.75 Å². The van der Waals surface area contributed by atoms with Crippen LogP contribution in [0.4, 0.5) is 5.69 Å². The zero-order valence-electron chi connectivity index (χ0n) is 11.9. The zero-order valence-corrected chi connectivity index (χ0v) is 11.9. The molecule has 1 saturated heterocycles. The van der Waals surface area contributed by atoms with E-state index in [1.807, 2.05) is 23.1 Å². The molecule has 0 bridgehead atoms. The number of carbonyl (C=O) groups excluding carboxylic acids is 1. The second kappa shape index (κ2) is 7.14. The van der Waals surface area contributed by atoms with Crippen molar-refractivity contribution >= 4 is 11.6 Å². The summed E-state index contributed by atoms with van der Waals surface area (Å²) in [4.78, 5) is 16.0. The van der Waals surface area contributed by atoms with Gasteiger partial charge in [0, 0.05) is 51.0 Å². The number of carbonyl (C=O) groups is 1. The molecule has 2 rings (SSSR count). The fourth-order valence-electron chi connectivity index (χ4n) is 2.41. The van der Waals surface area contributed by atoms with Gasteiger partial charge in [0.25, 0.3) is 0 Å². The highest BCUT2D eigenvalue weighted by Crippen LogP contribution is 2.22. The Morgan fingerprint density at radius 2 is 2.05 bits per heavy atom. The molecule has 1 aliphatic rings. The second-order valence-electron chi connectivity index (χ2n) is 4.90. The predicted octanol–water partition coefficient (Wildman–Crippen LogP) is 1.12. The molecule has 0 aliphatic carbocycles. The lowest BCUT2D eigenvalue weighted by Crippen LogP contribution is -2.48. The number of rotatable bonds is 5. The zero-order chi connectivity index (χ0) is 14.4. The van der Waals surface area contributed by atoms with E-state index in [2.05, 4.69) is 11.0 Å². The van der Waals surface area contributed by atoms with E-state index in [0.717, 1.165) is 37.6 Å². The van der Waals surface area contributed by atoms with Crippen LogP contribution in [0.5, 0.6) is 5.75 Å². The summed E-state index contributed by atoms with van der Waals surface area (Å²) in [5, 5.41) is 8.76. The van der Waals surface area contributed by atoms with Gasteiger partial charge in [-0.15, -0.1) is 0 Å². The maximum absolute atomic E-state index is 11.9. The molecule has 1 aliphatic heterocycles. The number of anilines is 1. The summed E-state index contributed by atoms with van der Waals surface area (Å²) in [5.41, 5.74) is 1.13. The summed E-state index contributed by atoms with van der Waals surface area (Å²) in [7, 11) is 1.66. The highest BCUT2D eigenvalue weighted by atomic mass is 16.5. The third-order valence-electron chi connectivity index (χ3n) is 3.60. The molecule has 20 heavy (non-hydrogen) atoms. The first-order chi connectivity index (χ1) is 9.74. The fraction of sp³-hybridized carbons (Fsp3) is 0.533. The lowest BCUT2D eigenvalue weighted by atomic mass is 10.2. The number of methoxy groups -OCH3 is 1. The van der Waals surface area contributed by atoms with E-state index >= 15 is 0 Å². The Morgan fingerprint density at radius 1 is 1.30 bits per heavy atom. The van der Waals surface area contributed by atoms with E-state index < -0.39 is 0 Å². The number of hydrogen-bond donors (Lipinski definition) is 1. The molecule has 1 heterocycles. The van der Waals surface area contributed by atoms with E-state index in [9.17, 15) is 4.79 Å². The first kappa shape index (κ1) is 14.7. The average Bonchev–Trinajstić information content (AvgIpc) is 2.52. The van der Waals surface area contributed by atoms with Crippen molar-refractivity contribution in [2.75, 3.05) is 44.8 Å². The molecule has 0 radical (unpaired) electrons. The first-order valence-corrected chi connectivity index (χ1v) is 7.02. The molecule has 0 spiro atoms. The largest absolute Gasteiger partial charge is 0.497 e. The Morgan fingerprint density at radius 3 is 2.70 bits per heavy atom. The van der Waals surface area contributed by atoms with Gasteiger partial charge in [-0.25, -0.2) is 0 Å². The third-order valence-corrected chi connectivity index (χ3v) is 3.60. The maximum Gasteiger partial charge on any atom is 0.222 e. The first-order valence-electron chi connectivity index (χ1n) is 7.02. The minimum atomic E-state index is 0.0789. The highest BCUT2D eigenvalue weighted by Gasteiger charge is 2.20. The highest BCUT2D eigenvalue weighted by molar-refractivity contribution is 5.76. The summed E-state index contributed by atoms with van der Waals surface area (Å²) in [5.74, 6) is 0.994. The summed E-state index contributed by atoms with van der Waals surface area (Å²) in [6.07, 6.45) is 0.991. The number of nitrogens with zero attached hydrogens (tertiary/aromatic N) is 2. The number of aliphatic hydroxyl groups excluding tert-OH is 1. The van der Waals surface area contributed by atoms with E-state index in [1.165, 1.54) is 0 Å². The van der Waals surface area contributed by atoms with Crippen LogP contribution in [0.25, 0.3) is 0 Å². The van der Waals surface area contributed by atoms with Crippen LogP contribution in [0.15, 0.2) is 24.3 Å². The Kier molecular flexibility index (Phi) is 5.24. The second-order valence-corrected chi connectivity index (χ2v) is 4.90. The molecule has 110 valence electrons. The van der Waals surface area contributed by atoms with Gasteiger partial charge in [-0.2, -0.15) is 0 Å². The van der Waals surface area contributed by atoms with Gasteiger partial charge in [0.15, 0.2) is 0 Å². The minimum absolute atomic E-state index is 0.0789. The number of aliphatic hydroxyl groups is 1. The summed E-state index contributed by atoms with van der Waals surface area (Å²) in [6.45, 7) is 3.22. The molecule has 0 unspecified atom stereocenters. The van der Waals surface area contributed by atoms with Crippen LogP contribution in [0.1, 0.15) is 12.8 Å². The monoisotopic (exact) mass is 278 g/mol. The molecule has 1 amide bonds. The molecule has 1 N–H and O–H groups in total. The number of ether oxygens (including phenoxy) is 1. The normalized spacial score (nSPS) is 15.3. The SMILES string of the molecule is COc1cccc(N2CCN(C(=O)CCCO)CC2)c1. The van der Waals surface area contributed by atoms with Crippen molar-refractivity contribution in [2.24, 2.45) is 0 Å². The molecule has 0 saturated carbocycles. The lowest BCUT2D eigenvalue weighted by molar-refractivity contribution is -0.131. The van der Waals surface area contributed by atoms with Gasteiger partial charge >= 0.3 is 0 Å². The van der Waals surface area contributed by atoms with Crippen molar-refractivity contribution < 1.29 is 14.6 Å². The van der Waals surface area contributed by atoms with Crippen molar-refractivity contribution in [1.82, 2.24) is 4.90 Å². The van der Waals surface area contributed by atoms with E-state index in [1.54, 1.807) is 7.11 Å². The smallest absolute Gasteiger partial charge is 0.222 e. The molecule has 0 aromatic heterocycles. The molecule has 0 atom stereocenters.